The van der Waals surface area contributed by atoms with Gasteiger partial charge in [-0.05, 0) is 24.3 Å². The first kappa shape index (κ1) is 8.75. The molecule has 2 N–H and O–H groups in total. The Morgan fingerprint density at radius 3 is 3.00 bits per heavy atom. The van der Waals surface area contributed by atoms with Crippen LogP contribution in [0, 0.1) is 5.41 Å². The van der Waals surface area contributed by atoms with Gasteiger partial charge in [-0.25, -0.2) is 0 Å². The first-order valence-electron chi connectivity index (χ1n) is 4.90. The summed E-state index contributed by atoms with van der Waals surface area (Å²) in [7, 11) is 0. The van der Waals surface area contributed by atoms with Gasteiger partial charge in [0.05, 0.1) is 0 Å². The van der Waals surface area contributed by atoms with Gasteiger partial charge in [-0.2, -0.15) is 5.10 Å². The number of H-pyrrole nitrogens is 1. The van der Waals surface area contributed by atoms with Crippen LogP contribution in [0.25, 0.3) is 0 Å². The fraction of sp³-hybridized carbons (Fsp3) is 0.700. The van der Waals surface area contributed by atoms with Crippen molar-refractivity contribution < 1.29 is 0 Å². The number of aromatic nitrogens is 2. The average molecular weight is 179 g/mol. The summed E-state index contributed by atoms with van der Waals surface area (Å²) < 4.78 is 0. The Morgan fingerprint density at radius 1 is 1.69 bits per heavy atom. The van der Waals surface area contributed by atoms with E-state index in [0.717, 1.165) is 6.54 Å². The van der Waals surface area contributed by atoms with Crippen molar-refractivity contribution in [1.82, 2.24) is 15.5 Å². The summed E-state index contributed by atoms with van der Waals surface area (Å²) in [6, 6.07) is 2.69. The zero-order valence-corrected chi connectivity index (χ0v) is 8.30. The summed E-state index contributed by atoms with van der Waals surface area (Å²) in [5, 5.41) is 10.4. The van der Waals surface area contributed by atoms with Crippen LogP contribution in [0.5, 0.6) is 0 Å². The number of hydrogen-bond donors (Lipinski definition) is 2. The number of rotatable bonds is 3. The Kier molecular flexibility index (Phi) is 2.12. The summed E-state index contributed by atoms with van der Waals surface area (Å²) in [5.74, 6) is 0. The van der Waals surface area contributed by atoms with Crippen molar-refractivity contribution in [1.29, 1.82) is 0 Å². The van der Waals surface area contributed by atoms with E-state index >= 15 is 0 Å². The molecule has 1 unspecified atom stereocenters. The second kappa shape index (κ2) is 3.14. The van der Waals surface area contributed by atoms with E-state index in [1.165, 1.54) is 18.5 Å². The molecule has 13 heavy (non-hydrogen) atoms. The van der Waals surface area contributed by atoms with Gasteiger partial charge in [-0.3, -0.25) is 5.10 Å². The van der Waals surface area contributed by atoms with E-state index in [1.54, 1.807) is 6.20 Å². The highest BCUT2D eigenvalue weighted by atomic mass is 15.1. The van der Waals surface area contributed by atoms with Crippen LogP contribution in [0.2, 0.25) is 0 Å². The predicted octanol–water partition coefficient (Wildman–Crippen LogP) is 1.69. The lowest BCUT2D eigenvalue weighted by molar-refractivity contribution is 0.107. The molecule has 0 saturated heterocycles. The minimum absolute atomic E-state index is 0.486. The standard InChI is InChI=1S/C10H17N3/c1-10(2)5-3-9(10)11-7-8-4-6-12-13-8/h4,6,9,11H,3,5,7H2,1-2H3,(H,12,13). The summed E-state index contributed by atoms with van der Waals surface area (Å²) in [6.07, 6.45) is 4.44. The molecule has 0 amide bonds. The maximum absolute atomic E-state index is 3.92. The van der Waals surface area contributed by atoms with Crippen molar-refractivity contribution >= 4 is 0 Å². The highest BCUT2D eigenvalue weighted by Gasteiger charge is 2.37. The molecule has 1 aromatic rings. The number of aromatic amines is 1. The van der Waals surface area contributed by atoms with Crippen molar-refractivity contribution in [3.05, 3.63) is 18.0 Å². The predicted molar refractivity (Wildman–Crippen MR) is 52.2 cm³/mol. The maximum atomic E-state index is 3.92. The molecule has 0 aromatic carbocycles. The third kappa shape index (κ3) is 1.75. The Morgan fingerprint density at radius 2 is 2.54 bits per heavy atom. The van der Waals surface area contributed by atoms with Crippen LogP contribution in [-0.2, 0) is 6.54 Å². The third-order valence-corrected chi connectivity index (χ3v) is 3.12. The normalized spacial score (nSPS) is 25.5. The van der Waals surface area contributed by atoms with E-state index in [2.05, 4.69) is 29.4 Å². The molecule has 0 bridgehead atoms. The molecule has 1 aliphatic rings. The highest BCUT2D eigenvalue weighted by Crippen LogP contribution is 2.39. The van der Waals surface area contributed by atoms with Crippen LogP contribution < -0.4 is 5.32 Å². The zero-order valence-electron chi connectivity index (χ0n) is 8.30. The van der Waals surface area contributed by atoms with E-state index in [4.69, 9.17) is 0 Å². The Balaban J connectivity index is 1.81. The van der Waals surface area contributed by atoms with Crippen molar-refractivity contribution in [2.24, 2.45) is 5.41 Å². The SMILES string of the molecule is CC1(C)CCC1NCc1ccn[nH]1. The van der Waals surface area contributed by atoms with Crippen LogP contribution in [0.1, 0.15) is 32.4 Å². The fourth-order valence-electron chi connectivity index (χ4n) is 1.86. The quantitative estimate of drug-likeness (QED) is 0.741. The Labute approximate surface area is 78.9 Å². The van der Waals surface area contributed by atoms with Crippen LogP contribution in [0.15, 0.2) is 12.3 Å². The molecule has 1 aliphatic carbocycles. The molecule has 1 saturated carbocycles. The molecule has 2 rings (SSSR count). The fourth-order valence-corrected chi connectivity index (χ4v) is 1.86. The van der Waals surface area contributed by atoms with Gasteiger partial charge in [0, 0.05) is 24.5 Å². The van der Waals surface area contributed by atoms with Gasteiger partial charge < -0.3 is 5.32 Å². The third-order valence-electron chi connectivity index (χ3n) is 3.12. The molecule has 72 valence electrons. The molecule has 3 heteroatoms. The van der Waals surface area contributed by atoms with Crippen LogP contribution in [0.3, 0.4) is 0 Å². The molecule has 1 aromatic heterocycles. The van der Waals surface area contributed by atoms with Crippen LogP contribution >= 0.6 is 0 Å². The number of hydrogen-bond acceptors (Lipinski definition) is 2. The van der Waals surface area contributed by atoms with E-state index in [1.807, 2.05) is 6.07 Å². The zero-order chi connectivity index (χ0) is 9.31. The number of nitrogens with zero attached hydrogens (tertiary/aromatic N) is 1. The first-order valence-corrected chi connectivity index (χ1v) is 4.90. The van der Waals surface area contributed by atoms with Crippen molar-refractivity contribution in [3.63, 3.8) is 0 Å². The molecule has 3 nitrogen and oxygen atoms in total. The lowest BCUT2D eigenvalue weighted by atomic mass is 9.67. The van der Waals surface area contributed by atoms with E-state index in [0.29, 0.717) is 11.5 Å². The van der Waals surface area contributed by atoms with E-state index in [9.17, 15) is 0 Å². The van der Waals surface area contributed by atoms with Crippen LogP contribution in [0.4, 0.5) is 0 Å². The smallest absolute Gasteiger partial charge is 0.0490 e. The summed E-state index contributed by atoms with van der Waals surface area (Å²) in [5.41, 5.74) is 1.66. The van der Waals surface area contributed by atoms with Gasteiger partial charge in [0.2, 0.25) is 0 Å². The van der Waals surface area contributed by atoms with E-state index in [-0.39, 0.29) is 0 Å². The lowest BCUT2D eigenvalue weighted by Gasteiger charge is -2.45. The average Bonchev–Trinajstić information content (AvgIpc) is 2.55. The number of nitrogens with one attached hydrogen (secondary N) is 2. The minimum Gasteiger partial charge on any atom is -0.308 e. The molecular formula is C10H17N3. The molecule has 1 heterocycles. The molecule has 0 aliphatic heterocycles. The summed E-state index contributed by atoms with van der Waals surface area (Å²) >= 11 is 0. The second-order valence-electron chi connectivity index (χ2n) is 4.54. The molecule has 0 radical (unpaired) electrons. The molecule has 1 fully saturated rings. The largest absolute Gasteiger partial charge is 0.308 e. The molecule has 0 spiro atoms. The molecular weight excluding hydrogens is 162 g/mol. The maximum Gasteiger partial charge on any atom is 0.0490 e. The van der Waals surface area contributed by atoms with Crippen molar-refractivity contribution in [2.75, 3.05) is 0 Å². The lowest BCUT2D eigenvalue weighted by Crippen LogP contribution is -2.49. The summed E-state index contributed by atoms with van der Waals surface area (Å²) in [6.45, 7) is 5.55. The van der Waals surface area contributed by atoms with Gasteiger partial charge in [0.25, 0.3) is 0 Å². The van der Waals surface area contributed by atoms with Gasteiger partial charge in [0.15, 0.2) is 0 Å². The first-order chi connectivity index (χ1) is 6.18. The highest BCUT2D eigenvalue weighted by molar-refractivity contribution is 5.00. The molecule has 1 atom stereocenters. The van der Waals surface area contributed by atoms with Gasteiger partial charge >= 0.3 is 0 Å². The van der Waals surface area contributed by atoms with Crippen molar-refractivity contribution in [3.8, 4) is 0 Å². The van der Waals surface area contributed by atoms with Gasteiger partial charge in [-0.1, -0.05) is 13.8 Å². The minimum atomic E-state index is 0.486. The summed E-state index contributed by atoms with van der Waals surface area (Å²) in [4.78, 5) is 0. The van der Waals surface area contributed by atoms with E-state index < -0.39 is 0 Å². The van der Waals surface area contributed by atoms with Gasteiger partial charge in [0.1, 0.15) is 0 Å². The second-order valence-corrected chi connectivity index (χ2v) is 4.54. The monoisotopic (exact) mass is 179 g/mol. The van der Waals surface area contributed by atoms with Crippen LogP contribution in [-0.4, -0.2) is 16.2 Å². The Bertz CT molecular complexity index is 264. The topological polar surface area (TPSA) is 40.7 Å². The van der Waals surface area contributed by atoms with Gasteiger partial charge in [-0.15, -0.1) is 0 Å². The Hall–Kier alpha value is -0.830. The van der Waals surface area contributed by atoms with Crippen molar-refractivity contribution in [2.45, 2.75) is 39.3 Å².